The van der Waals surface area contributed by atoms with Crippen molar-refractivity contribution in [3.8, 4) is 11.4 Å². The Bertz CT molecular complexity index is 894. The van der Waals surface area contributed by atoms with Gasteiger partial charge in [0.2, 0.25) is 5.82 Å². The van der Waals surface area contributed by atoms with Crippen LogP contribution in [0.4, 0.5) is 13.2 Å². The molecule has 2 saturated carbocycles. The van der Waals surface area contributed by atoms with Crippen molar-refractivity contribution < 1.29 is 21.9 Å². The van der Waals surface area contributed by atoms with Gasteiger partial charge in [0.25, 0.3) is 0 Å². The molecule has 0 aliphatic heterocycles. The maximum Gasteiger partial charge on any atom is 0.416 e. The molecule has 1 atom stereocenters. The molecule has 2 fully saturated rings. The number of nitrogens with one attached hydrogen (secondary N) is 2. The topological polar surface area (TPSA) is 159 Å². The zero-order valence-electron chi connectivity index (χ0n) is 18.1. The molecule has 33 heavy (non-hydrogen) atoms. The third-order valence-corrected chi connectivity index (χ3v) is 6.38. The summed E-state index contributed by atoms with van der Waals surface area (Å²) in [6.07, 6.45) is 3.89. The van der Waals surface area contributed by atoms with Crippen molar-refractivity contribution in [2.24, 2.45) is 10.9 Å². The normalized spacial score (nSPS) is 26.8. The first-order valence-electron chi connectivity index (χ1n) is 10.9. The number of rotatable bonds is 4. The quantitative estimate of drug-likeness (QED) is 0.481. The van der Waals surface area contributed by atoms with E-state index in [1.807, 2.05) is 0 Å². The summed E-state index contributed by atoms with van der Waals surface area (Å²) < 4.78 is 57.2. The lowest BCUT2D eigenvalue weighted by molar-refractivity contribution is -0.137. The van der Waals surface area contributed by atoms with E-state index < -0.39 is 23.0 Å². The van der Waals surface area contributed by atoms with Crippen LogP contribution in [0.3, 0.4) is 0 Å². The van der Waals surface area contributed by atoms with E-state index in [9.17, 15) is 13.2 Å². The minimum absolute atomic E-state index is 0.198. The Hall–Kier alpha value is -1.93. The van der Waals surface area contributed by atoms with Gasteiger partial charge in [-0.05, 0) is 80.2 Å². The van der Waals surface area contributed by atoms with Crippen LogP contribution in [-0.4, -0.2) is 47.5 Å². The van der Waals surface area contributed by atoms with Crippen molar-refractivity contribution >= 4 is 11.3 Å². The molecule has 0 amide bonds. The summed E-state index contributed by atoms with van der Waals surface area (Å²) in [6.45, 7) is 0. The second-order valence-electron chi connectivity index (χ2n) is 8.62. The third-order valence-electron chi connectivity index (χ3n) is 6.38. The molecule has 9 nitrogen and oxygen atoms in total. The minimum atomic E-state index is -4.40. The fourth-order valence-electron chi connectivity index (χ4n) is 4.75. The summed E-state index contributed by atoms with van der Waals surface area (Å²) in [5.41, 5.74) is 6.60. The van der Waals surface area contributed by atoms with Crippen LogP contribution >= 0.6 is 0 Å². The summed E-state index contributed by atoms with van der Waals surface area (Å²) in [7, 11) is 0. The van der Waals surface area contributed by atoms with Crippen molar-refractivity contribution in [2.45, 2.75) is 81.6 Å². The van der Waals surface area contributed by atoms with Crippen LogP contribution in [-0.2, 0) is 17.4 Å². The monoisotopic (exact) mass is 488 g/mol. The Labute approximate surface area is 192 Å². The zero-order chi connectivity index (χ0) is 24.0. The molecule has 0 bridgehead atoms. The van der Waals surface area contributed by atoms with Gasteiger partial charge < -0.3 is 15.6 Å². The largest absolute Gasteiger partial charge is 0.760 e. The van der Waals surface area contributed by atoms with E-state index in [1.165, 1.54) is 0 Å². The van der Waals surface area contributed by atoms with Gasteiger partial charge in [0.1, 0.15) is 0 Å². The molecule has 4 rings (SSSR count). The Morgan fingerprint density at radius 3 is 2.15 bits per heavy atom. The van der Waals surface area contributed by atoms with E-state index in [0.29, 0.717) is 23.7 Å². The lowest BCUT2D eigenvalue weighted by Crippen LogP contribution is -2.43. The molecule has 1 aromatic heterocycles. The Balaban J connectivity index is 0.000000709. The smallest absolute Gasteiger partial charge is 0.416 e. The number of nitrogens with zero attached hydrogens (tertiary/aromatic N) is 3. The second-order valence-corrected chi connectivity index (χ2v) is 9.14. The van der Waals surface area contributed by atoms with Gasteiger partial charge in [-0.3, -0.25) is 9.35 Å². The van der Waals surface area contributed by atoms with Gasteiger partial charge in [0.15, 0.2) is 0 Å². The van der Waals surface area contributed by atoms with Gasteiger partial charge in [-0.25, -0.2) is 0 Å². The highest BCUT2D eigenvalue weighted by Gasteiger charge is 2.33. The molecule has 13 heteroatoms. The lowest BCUT2D eigenvalue weighted by Gasteiger charge is -2.35. The predicted octanol–water partition coefficient (Wildman–Crippen LogP) is 2.51. The van der Waals surface area contributed by atoms with Crippen molar-refractivity contribution in [1.82, 2.24) is 25.9 Å². The summed E-state index contributed by atoms with van der Waals surface area (Å²) >= 11 is -2.36. The third kappa shape index (κ3) is 7.54. The average Bonchev–Trinajstić information content (AvgIpc) is 3.29. The molecule has 0 saturated heterocycles. The second kappa shape index (κ2) is 11.5. The van der Waals surface area contributed by atoms with E-state index in [1.54, 1.807) is 6.07 Å². The molecule has 2 aliphatic carbocycles. The number of hydrogen-bond acceptors (Lipinski definition) is 7. The first kappa shape index (κ1) is 25.7. The van der Waals surface area contributed by atoms with E-state index in [4.69, 9.17) is 14.5 Å². The van der Waals surface area contributed by atoms with Gasteiger partial charge in [0.05, 0.1) is 5.56 Å². The first-order chi connectivity index (χ1) is 15.6. The van der Waals surface area contributed by atoms with Crippen molar-refractivity contribution in [3.63, 3.8) is 0 Å². The number of halogens is 3. The van der Waals surface area contributed by atoms with Crippen LogP contribution in [0.25, 0.3) is 11.4 Å². The average molecular weight is 489 g/mol. The molecule has 2 aliphatic rings. The lowest BCUT2D eigenvalue weighted by atomic mass is 9.79. The van der Waals surface area contributed by atoms with Gasteiger partial charge in [-0.2, -0.15) is 18.4 Å². The number of alkyl halides is 3. The SMILES string of the molecule is NC1CCC(NC2CCC(c3ccc(C(F)(F)F)cc3-c3nn[nH]n3)CC2)CC1.NS(=O)[O-]. The number of tetrazole rings is 1. The summed E-state index contributed by atoms with van der Waals surface area (Å²) in [4.78, 5) is 0. The molecule has 0 spiro atoms. The highest BCUT2D eigenvalue weighted by atomic mass is 32.2. The van der Waals surface area contributed by atoms with Crippen LogP contribution in [0, 0.1) is 0 Å². The minimum Gasteiger partial charge on any atom is -0.760 e. The highest BCUT2D eigenvalue weighted by molar-refractivity contribution is 7.76. The molecule has 1 unspecified atom stereocenters. The van der Waals surface area contributed by atoms with Crippen molar-refractivity contribution in [1.29, 1.82) is 0 Å². The summed E-state index contributed by atoms with van der Waals surface area (Å²) in [6, 6.07) is 5.25. The highest BCUT2D eigenvalue weighted by Crippen LogP contribution is 2.40. The van der Waals surface area contributed by atoms with Crippen LogP contribution < -0.4 is 16.2 Å². The number of aromatic amines is 1. The fourth-order valence-corrected chi connectivity index (χ4v) is 4.75. The zero-order valence-corrected chi connectivity index (χ0v) is 18.9. The first-order valence-corrected chi connectivity index (χ1v) is 12.1. The number of nitrogens with two attached hydrogens (primary N) is 2. The van der Waals surface area contributed by atoms with E-state index >= 15 is 0 Å². The molecule has 2 aromatic rings. The predicted molar refractivity (Wildman–Crippen MR) is 116 cm³/mol. The summed E-state index contributed by atoms with van der Waals surface area (Å²) in [5, 5.41) is 21.5. The Morgan fingerprint density at radius 2 is 1.64 bits per heavy atom. The number of benzene rings is 1. The molecular formula is C20H29F3N7O2S-. The number of H-pyrrole nitrogens is 1. The van der Waals surface area contributed by atoms with Gasteiger partial charge in [-0.15, -0.1) is 10.2 Å². The Morgan fingerprint density at radius 1 is 1.06 bits per heavy atom. The van der Waals surface area contributed by atoms with Crippen LogP contribution in [0.5, 0.6) is 0 Å². The Kier molecular flexibility index (Phi) is 8.93. The molecule has 0 radical (unpaired) electrons. The maximum atomic E-state index is 13.2. The van der Waals surface area contributed by atoms with Gasteiger partial charge in [-0.1, -0.05) is 6.07 Å². The number of aromatic nitrogens is 4. The van der Waals surface area contributed by atoms with Crippen molar-refractivity contribution in [3.05, 3.63) is 29.3 Å². The van der Waals surface area contributed by atoms with E-state index in [2.05, 4.69) is 31.1 Å². The van der Waals surface area contributed by atoms with E-state index in [-0.39, 0.29) is 11.7 Å². The maximum absolute atomic E-state index is 13.2. The van der Waals surface area contributed by atoms with E-state index in [0.717, 1.165) is 69.1 Å². The van der Waals surface area contributed by atoms with Crippen LogP contribution in [0.2, 0.25) is 0 Å². The molecule has 1 heterocycles. The standard InChI is InChI=1S/C20H27F3N6.H3NO2S/c21-20(22,23)13-3-10-17(18(11-13)19-26-28-29-27-19)12-1-6-15(7-2-12)25-16-8-4-14(24)5-9-16;1-4(2)3/h3,10-12,14-16,25H,1-2,4-9,24H2,(H,26,27,28,29);1H2,(H,2,3)/p-1. The van der Waals surface area contributed by atoms with Crippen LogP contribution in [0.1, 0.15) is 68.4 Å². The summed E-state index contributed by atoms with van der Waals surface area (Å²) in [5.74, 6) is 0.411. The number of hydrogen-bond donors (Lipinski definition) is 4. The van der Waals surface area contributed by atoms with Gasteiger partial charge >= 0.3 is 6.18 Å². The molecule has 184 valence electrons. The fraction of sp³-hybridized carbons (Fsp3) is 0.650. The molecule has 1 aromatic carbocycles. The van der Waals surface area contributed by atoms with Crippen molar-refractivity contribution in [2.75, 3.05) is 0 Å². The van der Waals surface area contributed by atoms with Crippen LogP contribution in [0.15, 0.2) is 18.2 Å². The molecular weight excluding hydrogens is 459 g/mol. The molecule has 6 N–H and O–H groups in total. The van der Waals surface area contributed by atoms with Gasteiger partial charge in [0, 0.05) is 35.0 Å².